The number of carbonyl (C=O) groups is 2. The number of ether oxygens (including phenoxy) is 4. The summed E-state index contributed by atoms with van der Waals surface area (Å²) in [5, 5.41) is 0.784. The molecule has 0 saturated heterocycles. The van der Waals surface area contributed by atoms with Gasteiger partial charge in [-0.15, -0.1) is 0 Å². The first-order valence-electron chi connectivity index (χ1n) is 9.79. The SMILES string of the molecule is COc1ccc(C(=O)Oc2ccc3c(c2C)O/C(=C\c2ccc(Cl)c(Cl)c2)C3=O)cc1OC. The van der Waals surface area contributed by atoms with Gasteiger partial charge in [-0.2, -0.15) is 0 Å². The van der Waals surface area contributed by atoms with Crippen molar-refractivity contribution in [1.82, 2.24) is 0 Å². The van der Waals surface area contributed by atoms with Gasteiger partial charge in [0, 0.05) is 5.56 Å². The largest absolute Gasteiger partial charge is 0.493 e. The highest BCUT2D eigenvalue weighted by molar-refractivity contribution is 6.42. The van der Waals surface area contributed by atoms with Gasteiger partial charge >= 0.3 is 5.97 Å². The Bertz CT molecular complexity index is 1310. The molecule has 0 fully saturated rings. The molecule has 1 heterocycles. The summed E-state index contributed by atoms with van der Waals surface area (Å²) in [6, 6.07) is 12.9. The van der Waals surface area contributed by atoms with Crippen molar-refractivity contribution >= 4 is 41.0 Å². The first-order chi connectivity index (χ1) is 15.8. The summed E-state index contributed by atoms with van der Waals surface area (Å²) in [6.45, 7) is 1.71. The van der Waals surface area contributed by atoms with Gasteiger partial charge in [0.1, 0.15) is 11.5 Å². The Balaban J connectivity index is 1.59. The Morgan fingerprint density at radius 3 is 2.33 bits per heavy atom. The molecule has 0 atom stereocenters. The van der Waals surface area contributed by atoms with Gasteiger partial charge in [0.2, 0.25) is 5.78 Å². The average molecular weight is 485 g/mol. The highest BCUT2D eigenvalue weighted by Gasteiger charge is 2.30. The lowest BCUT2D eigenvalue weighted by atomic mass is 10.1. The molecule has 3 aromatic carbocycles. The molecule has 8 heteroatoms. The van der Waals surface area contributed by atoms with Crippen LogP contribution in [0.25, 0.3) is 6.08 Å². The standard InChI is InChI=1S/C25H18Cl2O6/c1-13-19(33-25(29)15-5-8-20(30-2)21(12-15)31-3)9-6-16-23(28)22(32-24(13)16)11-14-4-7-17(26)18(27)10-14/h4-12H,1-3H3/b22-11-. The van der Waals surface area contributed by atoms with E-state index in [9.17, 15) is 9.59 Å². The van der Waals surface area contributed by atoms with E-state index in [-0.39, 0.29) is 22.9 Å². The van der Waals surface area contributed by atoms with Crippen molar-refractivity contribution in [2.75, 3.05) is 14.2 Å². The number of allylic oxidation sites excluding steroid dienone is 1. The fourth-order valence-electron chi connectivity index (χ4n) is 3.35. The van der Waals surface area contributed by atoms with Crippen molar-refractivity contribution in [1.29, 1.82) is 0 Å². The van der Waals surface area contributed by atoms with Crippen molar-refractivity contribution in [3.63, 3.8) is 0 Å². The molecule has 0 amide bonds. The van der Waals surface area contributed by atoms with Crippen LogP contribution in [0.5, 0.6) is 23.0 Å². The van der Waals surface area contributed by atoms with Crippen LogP contribution >= 0.6 is 23.2 Å². The molecule has 33 heavy (non-hydrogen) atoms. The summed E-state index contributed by atoms with van der Waals surface area (Å²) in [7, 11) is 2.99. The van der Waals surface area contributed by atoms with Crippen molar-refractivity contribution < 1.29 is 28.5 Å². The van der Waals surface area contributed by atoms with E-state index in [0.29, 0.717) is 44.0 Å². The van der Waals surface area contributed by atoms with Crippen LogP contribution in [0.2, 0.25) is 10.0 Å². The molecule has 0 aromatic heterocycles. The van der Waals surface area contributed by atoms with Crippen molar-refractivity contribution in [3.8, 4) is 23.0 Å². The molecule has 0 N–H and O–H groups in total. The van der Waals surface area contributed by atoms with Crippen LogP contribution in [0.1, 0.15) is 31.8 Å². The van der Waals surface area contributed by atoms with E-state index in [4.69, 9.17) is 42.1 Å². The number of carbonyl (C=O) groups excluding carboxylic acids is 2. The predicted octanol–water partition coefficient (Wildman–Crippen LogP) is 6.15. The monoisotopic (exact) mass is 484 g/mol. The second-order valence-corrected chi connectivity index (χ2v) is 7.95. The molecule has 0 radical (unpaired) electrons. The molecule has 0 bridgehead atoms. The summed E-state index contributed by atoms with van der Waals surface area (Å²) in [5.74, 6) is 0.780. The second kappa shape index (κ2) is 9.17. The van der Waals surface area contributed by atoms with Crippen LogP contribution in [0, 0.1) is 6.92 Å². The van der Waals surface area contributed by atoms with Gasteiger partial charge < -0.3 is 18.9 Å². The van der Waals surface area contributed by atoms with E-state index < -0.39 is 5.97 Å². The predicted molar refractivity (Wildman–Crippen MR) is 125 cm³/mol. The van der Waals surface area contributed by atoms with E-state index >= 15 is 0 Å². The summed E-state index contributed by atoms with van der Waals surface area (Å²) in [4.78, 5) is 25.5. The molecule has 3 aromatic rings. The number of benzene rings is 3. The van der Waals surface area contributed by atoms with E-state index in [0.717, 1.165) is 0 Å². The van der Waals surface area contributed by atoms with Gasteiger partial charge in [-0.3, -0.25) is 4.79 Å². The molecular formula is C25H18Cl2O6. The van der Waals surface area contributed by atoms with E-state index in [1.807, 2.05) is 0 Å². The molecule has 0 saturated carbocycles. The topological polar surface area (TPSA) is 71.1 Å². The van der Waals surface area contributed by atoms with Gasteiger partial charge in [0.25, 0.3) is 0 Å². The van der Waals surface area contributed by atoms with Crippen LogP contribution in [-0.2, 0) is 0 Å². The third kappa shape index (κ3) is 4.40. The van der Waals surface area contributed by atoms with Crippen LogP contribution < -0.4 is 18.9 Å². The molecule has 6 nitrogen and oxygen atoms in total. The fraction of sp³-hybridized carbons (Fsp3) is 0.120. The van der Waals surface area contributed by atoms with Crippen LogP contribution in [-0.4, -0.2) is 26.0 Å². The highest BCUT2D eigenvalue weighted by atomic mass is 35.5. The van der Waals surface area contributed by atoms with Gasteiger partial charge in [0.15, 0.2) is 17.3 Å². The Morgan fingerprint density at radius 1 is 0.909 bits per heavy atom. The van der Waals surface area contributed by atoms with Crippen LogP contribution in [0.3, 0.4) is 0 Å². The first kappa shape index (κ1) is 22.7. The number of hydrogen-bond acceptors (Lipinski definition) is 6. The normalized spacial score (nSPS) is 13.5. The number of esters is 1. The molecular weight excluding hydrogens is 467 g/mol. The van der Waals surface area contributed by atoms with Crippen molar-refractivity contribution in [2.24, 2.45) is 0 Å². The summed E-state index contributed by atoms with van der Waals surface area (Å²) >= 11 is 12.0. The lowest BCUT2D eigenvalue weighted by molar-refractivity contribution is 0.0732. The van der Waals surface area contributed by atoms with Gasteiger partial charge in [-0.25, -0.2) is 4.79 Å². The summed E-state index contributed by atoms with van der Waals surface area (Å²) in [5.41, 5.74) is 1.85. The van der Waals surface area contributed by atoms with Gasteiger partial charge in [0.05, 0.1) is 35.4 Å². The molecule has 4 rings (SSSR count). The lowest BCUT2D eigenvalue weighted by Gasteiger charge is -2.12. The minimum atomic E-state index is -0.588. The van der Waals surface area contributed by atoms with Crippen LogP contribution in [0.15, 0.2) is 54.3 Å². The maximum absolute atomic E-state index is 12.8. The number of ketones is 1. The second-order valence-electron chi connectivity index (χ2n) is 7.14. The molecule has 1 aliphatic rings. The van der Waals surface area contributed by atoms with E-state index in [1.54, 1.807) is 55.5 Å². The zero-order chi connectivity index (χ0) is 23.7. The molecule has 1 aliphatic heterocycles. The smallest absolute Gasteiger partial charge is 0.343 e. The Hall–Kier alpha value is -3.48. The van der Waals surface area contributed by atoms with Crippen molar-refractivity contribution in [3.05, 3.63) is 86.6 Å². The Morgan fingerprint density at radius 2 is 1.64 bits per heavy atom. The molecule has 0 spiro atoms. The first-order valence-corrected chi connectivity index (χ1v) is 10.5. The van der Waals surface area contributed by atoms with E-state index in [1.165, 1.54) is 20.3 Å². The van der Waals surface area contributed by atoms with Gasteiger partial charge in [-0.05, 0) is 61.0 Å². The maximum atomic E-state index is 12.8. The fourth-order valence-corrected chi connectivity index (χ4v) is 3.66. The summed E-state index contributed by atoms with van der Waals surface area (Å²) < 4.78 is 21.8. The lowest BCUT2D eigenvalue weighted by Crippen LogP contribution is -2.10. The summed E-state index contributed by atoms with van der Waals surface area (Å²) in [6.07, 6.45) is 1.58. The zero-order valence-electron chi connectivity index (χ0n) is 17.9. The number of rotatable bonds is 5. The minimum Gasteiger partial charge on any atom is -0.493 e. The van der Waals surface area contributed by atoms with Gasteiger partial charge in [-0.1, -0.05) is 29.3 Å². The average Bonchev–Trinajstić information content (AvgIpc) is 3.13. The highest BCUT2D eigenvalue weighted by Crippen LogP contribution is 2.40. The Labute approximate surface area is 200 Å². The molecule has 0 unspecified atom stereocenters. The third-order valence-corrected chi connectivity index (χ3v) is 5.84. The number of hydrogen-bond donors (Lipinski definition) is 0. The maximum Gasteiger partial charge on any atom is 0.343 e. The molecule has 168 valence electrons. The Kier molecular flexibility index (Phi) is 6.31. The number of fused-ring (bicyclic) bond motifs is 1. The minimum absolute atomic E-state index is 0.134. The number of methoxy groups -OCH3 is 2. The third-order valence-electron chi connectivity index (χ3n) is 5.10. The van der Waals surface area contributed by atoms with E-state index in [2.05, 4.69) is 0 Å². The number of halogens is 2. The van der Waals surface area contributed by atoms with Crippen LogP contribution in [0.4, 0.5) is 0 Å². The zero-order valence-corrected chi connectivity index (χ0v) is 19.4. The van der Waals surface area contributed by atoms with Crippen molar-refractivity contribution in [2.45, 2.75) is 6.92 Å². The quantitative estimate of drug-likeness (QED) is 0.245. The molecule has 0 aliphatic carbocycles. The number of Topliss-reactive ketones (excluding diaryl/α,β-unsaturated/α-hetero) is 1.